The maximum absolute atomic E-state index is 12.5. The highest BCUT2D eigenvalue weighted by Crippen LogP contribution is 2.38. The fraction of sp³-hybridized carbons (Fsp3) is 0.500. The van der Waals surface area contributed by atoms with Gasteiger partial charge in [0, 0.05) is 10.8 Å². The van der Waals surface area contributed by atoms with Gasteiger partial charge in [-0.15, -0.1) is 11.3 Å². The SMILES string of the molecule is CON(C(=S)C1CC1)C(C)c1ccc(-c2noc(C(F)(F)F)n2)s1. The molecule has 1 saturated carbocycles. The first kappa shape index (κ1) is 17.3. The molecule has 0 aromatic carbocycles. The quantitative estimate of drug-likeness (QED) is 0.566. The van der Waals surface area contributed by atoms with Crippen LogP contribution in [0.3, 0.4) is 0 Å². The Morgan fingerprint density at radius 1 is 1.46 bits per heavy atom. The van der Waals surface area contributed by atoms with Gasteiger partial charge in [-0.3, -0.25) is 4.84 Å². The number of thiophene rings is 1. The van der Waals surface area contributed by atoms with Crippen LogP contribution in [0.4, 0.5) is 13.2 Å². The standard InChI is InChI=1S/C14H14F3N3O2S2/c1-7(20(21-2)12(23)8-3-4-8)9-5-6-10(24-9)11-18-13(22-19-11)14(15,16)17/h5-8H,3-4H2,1-2H3. The molecule has 0 spiro atoms. The number of alkyl halides is 3. The first-order valence-corrected chi connectivity index (χ1v) is 8.42. The molecule has 130 valence electrons. The Morgan fingerprint density at radius 3 is 2.71 bits per heavy atom. The molecule has 0 N–H and O–H groups in total. The van der Waals surface area contributed by atoms with Gasteiger partial charge in [-0.05, 0) is 31.9 Å². The third-order valence-corrected chi connectivity index (χ3v) is 5.38. The summed E-state index contributed by atoms with van der Waals surface area (Å²) in [5.74, 6) is -1.07. The maximum atomic E-state index is 12.5. The third kappa shape index (κ3) is 3.45. The van der Waals surface area contributed by atoms with Gasteiger partial charge >= 0.3 is 12.1 Å². The van der Waals surface area contributed by atoms with E-state index in [4.69, 9.17) is 17.1 Å². The summed E-state index contributed by atoms with van der Waals surface area (Å²) in [6.45, 7) is 1.92. The van der Waals surface area contributed by atoms with Crippen LogP contribution in [0.5, 0.6) is 0 Å². The minimum absolute atomic E-state index is 0.0838. The molecule has 0 radical (unpaired) electrons. The molecule has 1 aliphatic carbocycles. The first-order valence-electron chi connectivity index (χ1n) is 7.19. The number of rotatable bonds is 5. The lowest BCUT2D eigenvalue weighted by Gasteiger charge is -2.28. The van der Waals surface area contributed by atoms with Crippen molar-refractivity contribution >= 4 is 28.5 Å². The van der Waals surface area contributed by atoms with Gasteiger partial charge in [0.15, 0.2) is 0 Å². The summed E-state index contributed by atoms with van der Waals surface area (Å²) in [4.78, 5) is 10.9. The molecule has 1 fully saturated rings. The second kappa shape index (κ2) is 6.41. The Labute approximate surface area is 145 Å². The lowest BCUT2D eigenvalue weighted by molar-refractivity contribution is -0.159. The molecular formula is C14H14F3N3O2S2. The van der Waals surface area contributed by atoms with Crippen LogP contribution in [0.15, 0.2) is 16.7 Å². The molecule has 24 heavy (non-hydrogen) atoms. The van der Waals surface area contributed by atoms with E-state index in [1.54, 1.807) is 24.3 Å². The molecular weight excluding hydrogens is 363 g/mol. The molecule has 1 aliphatic rings. The zero-order chi connectivity index (χ0) is 17.5. The highest BCUT2D eigenvalue weighted by atomic mass is 32.1. The van der Waals surface area contributed by atoms with E-state index in [0.29, 0.717) is 10.8 Å². The molecule has 5 nitrogen and oxygen atoms in total. The number of aromatic nitrogens is 2. The van der Waals surface area contributed by atoms with Crippen molar-refractivity contribution < 1.29 is 22.5 Å². The van der Waals surface area contributed by atoms with Crippen LogP contribution < -0.4 is 0 Å². The second-order valence-corrected chi connectivity index (χ2v) is 6.95. The third-order valence-electron chi connectivity index (χ3n) is 3.62. The summed E-state index contributed by atoms with van der Waals surface area (Å²) < 4.78 is 41.9. The monoisotopic (exact) mass is 377 g/mol. The van der Waals surface area contributed by atoms with E-state index in [9.17, 15) is 13.2 Å². The van der Waals surface area contributed by atoms with Crippen LogP contribution >= 0.6 is 23.6 Å². The Morgan fingerprint density at radius 2 is 2.17 bits per heavy atom. The number of hydroxylamine groups is 2. The summed E-state index contributed by atoms with van der Waals surface area (Å²) in [7, 11) is 1.55. The van der Waals surface area contributed by atoms with Crippen molar-refractivity contribution in [3.8, 4) is 10.7 Å². The zero-order valence-electron chi connectivity index (χ0n) is 12.8. The minimum Gasteiger partial charge on any atom is -0.329 e. The van der Waals surface area contributed by atoms with Gasteiger partial charge in [-0.2, -0.15) is 18.2 Å². The molecule has 1 atom stereocenters. The Balaban J connectivity index is 1.79. The van der Waals surface area contributed by atoms with E-state index in [2.05, 4.69) is 14.7 Å². The van der Waals surface area contributed by atoms with E-state index >= 15 is 0 Å². The van der Waals surface area contributed by atoms with Crippen LogP contribution in [0.2, 0.25) is 0 Å². The molecule has 10 heteroatoms. The van der Waals surface area contributed by atoms with Crippen molar-refractivity contribution in [2.24, 2.45) is 5.92 Å². The normalized spacial score (nSPS) is 16.2. The predicted molar refractivity (Wildman–Crippen MR) is 85.2 cm³/mol. The number of thiocarbonyl (C=S) groups is 1. The van der Waals surface area contributed by atoms with Gasteiger partial charge in [0.2, 0.25) is 5.82 Å². The molecule has 0 bridgehead atoms. The number of halogens is 3. The molecule has 3 rings (SSSR count). The highest BCUT2D eigenvalue weighted by Gasteiger charge is 2.39. The van der Waals surface area contributed by atoms with E-state index in [-0.39, 0.29) is 11.9 Å². The Hall–Kier alpha value is -1.52. The van der Waals surface area contributed by atoms with Gasteiger partial charge in [-0.25, -0.2) is 5.06 Å². The van der Waals surface area contributed by atoms with Crippen LogP contribution in [0.25, 0.3) is 10.7 Å². The molecule has 2 aromatic heterocycles. The van der Waals surface area contributed by atoms with Crippen molar-refractivity contribution in [1.82, 2.24) is 15.2 Å². The second-order valence-electron chi connectivity index (χ2n) is 5.42. The van der Waals surface area contributed by atoms with E-state index in [0.717, 1.165) is 22.7 Å². The van der Waals surface area contributed by atoms with Gasteiger partial charge in [0.1, 0.15) is 4.99 Å². The summed E-state index contributed by atoms with van der Waals surface area (Å²) >= 11 is 6.70. The van der Waals surface area contributed by atoms with Crippen molar-refractivity contribution in [1.29, 1.82) is 0 Å². The largest absolute Gasteiger partial charge is 0.471 e. The van der Waals surface area contributed by atoms with Crippen LogP contribution in [-0.4, -0.2) is 27.3 Å². The molecule has 0 saturated heterocycles. The fourth-order valence-electron chi connectivity index (χ4n) is 2.20. The van der Waals surface area contributed by atoms with Crippen molar-refractivity contribution in [2.75, 3.05) is 7.11 Å². The Bertz CT molecular complexity index is 740. The molecule has 2 aromatic rings. The van der Waals surface area contributed by atoms with Crippen molar-refractivity contribution in [3.05, 3.63) is 22.9 Å². The topological polar surface area (TPSA) is 51.4 Å². The average Bonchev–Trinajstić information content (AvgIpc) is 3.04. The number of hydrogen-bond acceptors (Lipinski definition) is 6. The molecule has 0 aliphatic heterocycles. The maximum Gasteiger partial charge on any atom is 0.471 e. The zero-order valence-corrected chi connectivity index (χ0v) is 14.5. The number of nitrogens with zero attached hydrogens (tertiary/aromatic N) is 3. The van der Waals surface area contributed by atoms with E-state index in [1.165, 1.54) is 11.3 Å². The predicted octanol–water partition coefficient (Wildman–Crippen LogP) is 4.48. The number of hydrogen-bond donors (Lipinski definition) is 0. The lowest BCUT2D eigenvalue weighted by Crippen LogP contribution is -2.32. The smallest absolute Gasteiger partial charge is 0.329 e. The Kier molecular flexibility index (Phi) is 4.63. The van der Waals surface area contributed by atoms with Crippen LogP contribution in [0.1, 0.15) is 36.6 Å². The highest BCUT2D eigenvalue weighted by molar-refractivity contribution is 7.80. The van der Waals surface area contributed by atoms with Gasteiger partial charge < -0.3 is 4.52 Å². The summed E-state index contributed by atoms with van der Waals surface area (Å²) in [6.07, 6.45) is -2.53. The summed E-state index contributed by atoms with van der Waals surface area (Å²) in [5, 5.41) is 5.06. The van der Waals surface area contributed by atoms with E-state index in [1.807, 2.05) is 6.92 Å². The van der Waals surface area contributed by atoms with E-state index < -0.39 is 12.1 Å². The van der Waals surface area contributed by atoms with Gasteiger partial charge in [0.05, 0.1) is 18.0 Å². The molecule has 0 amide bonds. The fourth-order valence-corrected chi connectivity index (χ4v) is 3.64. The average molecular weight is 377 g/mol. The van der Waals surface area contributed by atoms with Crippen LogP contribution in [-0.2, 0) is 11.0 Å². The minimum atomic E-state index is -4.65. The van der Waals surface area contributed by atoms with Gasteiger partial charge in [0.25, 0.3) is 0 Å². The lowest BCUT2D eigenvalue weighted by atomic mass is 10.2. The van der Waals surface area contributed by atoms with Gasteiger partial charge in [-0.1, -0.05) is 17.4 Å². The van der Waals surface area contributed by atoms with Crippen molar-refractivity contribution in [2.45, 2.75) is 32.0 Å². The summed E-state index contributed by atoms with van der Waals surface area (Å²) in [5.41, 5.74) is 0. The van der Waals surface area contributed by atoms with Crippen molar-refractivity contribution in [3.63, 3.8) is 0 Å². The summed E-state index contributed by atoms with van der Waals surface area (Å²) in [6, 6.07) is 3.31. The molecule has 2 heterocycles. The first-order chi connectivity index (χ1) is 11.3. The van der Waals surface area contributed by atoms with Crippen LogP contribution in [0, 0.1) is 5.92 Å². The molecule has 1 unspecified atom stereocenters.